The van der Waals surface area contributed by atoms with Crippen LogP contribution in [0.15, 0.2) is 24.5 Å². The summed E-state index contributed by atoms with van der Waals surface area (Å²) < 4.78 is 12.1. The Kier molecular flexibility index (Phi) is 3.97. The first-order valence-corrected chi connectivity index (χ1v) is 8.71. The van der Waals surface area contributed by atoms with E-state index in [1.807, 2.05) is 17.0 Å². The Hall–Kier alpha value is -1.62. The van der Waals surface area contributed by atoms with E-state index in [0.717, 1.165) is 44.5 Å². The van der Waals surface area contributed by atoms with Gasteiger partial charge in [-0.1, -0.05) is 0 Å². The van der Waals surface area contributed by atoms with Crippen LogP contribution >= 0.6 is 0 Å². The van der Waals surface area contributed by atoms with Gasteiger partial charge in [0, 0.05) is 32.1 Å². The van der Waals surface area contributed by atoms with E-state index in [1.54, 1.807) is 12.4 Å². The summed E-state index contributed by atoms with van der Waals surface area (Å²) in [7, 11) is 0. The van der Waals surface area contributed by atoms with Crippen molar-refractivity contribution in [3.8, 4) is 5.75 Å². The molecule has 1 saturated carbocycles. The smallest absolute Gasteiger partial charge is 0.222 e. The molecule has 3 heterocycles. The Labute approximate surface area is 137 Å². The van der Waals surface area contributed by atoms with Crippen LogP contribution in [0.2, 0.25) is 0 Å². The lowest BCUT2D eigenvalue weighted by molar-refractivity contribution is -0.136. The van der Waals surface area contributed by atoms with Crippen LogP contribution in [0.5, 0.6) is 5.75 Å². The molecule has 124 valence electrons. The number of likely N-dealkylation sites (tertiary alicyclic amines) is 1. The third-order valence-corrected chi connectivity index (χ3v) is 5.30. The highest BCUT2D eigenvalue weighted by Gasteiger charge is 2.44. The molecule has 0 bridgehead atoms. The monoisotopic (exact) mass is 316 g/mol. The van der Waals surface area contributed by atoms with Crippen molar-refractivity contribution in [1.82, 2.24) is 9.88 Å². The number of rotatable bonds is 4. The number of carbonyl (C=O) groups is 1. The number of hydrogen-bond acceptors (Lipinski definition) is 4. The van der Waals surface area contributed by atoms with Gasteiger partial charge in [0.15, 0.2) is 0 Å². The van der Waals surface area contributed by atoms with E-state index < -0.39 is 0 Å². The van der Waals surface area contributed by atoms with Gasteiger partial charge in [-0.15, -0.1) is 0 Å². The summed E-state index contributed by atoms with van der Waals surface area (Å²) in [5.41, 5.74) is -0.0940. The summed E-state index contributed by atoms with van der Waals surface area (Å²) in [6, 6.07) is 3.81. The maximum Gasteiger partial charge on any atom is 0.222 e. The molecule has 1 aliphatic carbocycles. The van der Waals surface area contributed by atoms with Crippen LogP contribution in [0, 0.1) is 5.92 Å². The molecular weight excluding hydrogens is 292 g/mol. The van der Waals surface area contributed by atoms with Gasteiger partial charge in [0.05, 0.1) is 18.4 Å². The van der Waals surface area contributed by atoms with Gasteiger partial charge in [0.25, 0.3) is 0 Å². The molecule has 3 fully saturated rings. The Balaban J connectivity index is 1.28. The Morgan fingerprint density at radius 1 is 1.39 bits per heavy atom. The minimum absolute atomic E-state index is 0.0907. The largest absolute Gasteiger partial charge is 0.486 e. The van der Waals surface area contributed by atoms with E-state index >= 15 is 0 Å². The fourth-order valence-electron chi connectivity index (χ4n) is 3.70. The van der Waals surface area contributed by atoms with Crippen molar-refractivity contribution in [1.29, 1.82) is 0 Å². The van der Waals surface area contributed by atoms with Crippen LogP contribution in [0.3, 0.4) is 0 Å². The average molecular weight is 316 g/mol. The van der Waals surface area contributed by atoms with Gasteiger partial charge >= 0.3 is 0 Å². The highest BCUT2D eigenvalue weighted by molar-refractivity contribution is 5.76. The summed E-state index contributed by atoms with van der Waals surface area (Å²) in [5.74, 6) is 1.80. The van der Waals surface area contributed by atoms with Crippen LogP contribution in [0.1, 0.15) is 38.5 Å². The van der Waals surface area contributed by atoms with Gasteiger partial charge in [-0.2, -0.15) is 0 Å². The maximum absolute atomic E-state index is 12.2. The molecule has 2 aliphatic heterocycles. The molecule has 1 amide bonds. The van der Waals surface area contributed by atoms with Crippen LogP contribution in [0.25, 0.3) is 0 Å². The van der Waals surface area contributed by atoms with E-state index in [2.05, 4.69) is 4.98 Å². The van der Waals surface area contributed by atoms with Gasteiger partial charge in [-0.05, 0) is 43.7 Å². The number of piperidine rings is 1. The first kappa shape index (κ1) is 14.9. The minimum Gasteiger partial charge on any atom is -0.486 e. The summed E-state index contributed by atoms with van der Waals surface area (Å²) in [6.45, 7) is 2.28. The Morgan fingerprint density at radius 2 is 2.22 bits per heavy atom. The lowest BCUT2D eigenvalue weighted by Crippen LogP contribution is -2.46. The molecule has 0 N–H and O–H groups in total. The molecule has 5 nitrogen and oxygen atoms in total. The summed E-state index contributed by atoms with van der Waals surface area (Å²) in [6.07, 6.45) is 9.56. The second kappa shape index (κ2) is 6.11. The number of nitrogens with zero attached hydrogens (tertiary/aromatic N) is 2. The van der Waals surface area contributed by atoms with Crippen molar-refractivity contribution in [3.05, 3.63) is 24.5 Å². The molecule has 0 unspecified atom stereocenters. The molecule has 1 aromatic heterocycles. The zero-order chi connectivity index (χ0) is 15.7. The molecule has 4 rings (SSSR count). The van der Waals surface area contributed by atoms with Crippen molar-refractivity contribution >= 4 is 5.91 Å². The van der Waals surface area contributed by atoms with E-state index in [-0.39, 0.29) is 11.7 Å². The average Bonchev–Trinajstić information content (AvgIpc) is 3.31. The molecule has 1 atom stereocenters. The lowest BCUT2D eigenvalue weighted by Gasteiger charge is -2.38. The van der Waals surface area contributed by atoms with Gasteiger partial charge in [0.2, 0.25) is 5.91 Å². The molecule has 3 aliphatic rings. The number of hydrogen-bond donors (Lipinski definition) is 0. The zero-order valence-electron chi connectivity index (χ0n) is 13.4. The van der Waals surface area contributed by atoms with Crippen molar-refractivity contribution in [3.63, 3.8) is 0 Å². The molecule has 0 aromatic carbocycles. The molecule has 0 radical (unpaired) electrons. The first-order valence-electron chi connectivity index (χ1n) is 8.71. The molecule has 5 heteroatoms. The highest BCUT2D eigenvalue weighted by atomic mass is 16.6. The van der Waals surface area contributed by atoms with Gasteiger partial charge in [-0.3, -0.25) is 9.78 Å². The predicted octanol–water partition coefficient (Wildman–Crippen LogP) is 2.41. The first-order chi connectivity index (χ1) is 11.2. The van der Waals surface area contributed by atoms with Crippen LogP contribution < -0.4 is 4.74 Å². The molecular formula is C18H24N2O3. The zero-order valence-corrected chi connectivity index (χ0v) is 13.4. The van der Waals surface area contributed by atoms with Crippen molar-refractivity contribution in [2.75, 3.05) is 19.7 Å². The Morgan fingerprint density at radius 3 is 2.91 bits per heavy atom. The van der Waals surface area contributed by atoms with E-state index in [4.69, 9.17) is 9.47 Å². The number of ether oxygens (including phenoxy) is 2. The summed E-state index contributed by atoms with van der Waals surface area (Å²) in [5, 5.41) is 0. The van der Waals surface area contributed by atoms with Crippen LogP contribution in [-0.4, -0.2) is 47.2 Å². The number of carbonyl (C=O) groups excluding carboxylic acids is 1. The third-order valence-electron chi connectivity index (χ3n) is 5.30. The summed E-state index contributed by atoms with van der Waals surface area (Å²) >= 11 is 0. The topological polar surface area (TPSA) is 51.7 Å². The fourth-order valence-corrected chi connectivity index (χ4v) is 3.70. The fraction of sp³-hybridized carbons (Fsp3) is 0.667. The van der Waals surface area contributed by atoms with Gasteiger partial charge in [0.1, 0.15) is 11.9 Å². The number of pyridine rings is 1. The molecule has 1 aromatic rings. The third kappa shape index (κ3) is 3.50. The second-order valence-electron chi connectivity index (χ2n) is 7.16. The minimum atomic E-state index is -0.0940. The van der Waals surface area contributed by atoms with E-state index in [1.165, 1.54) is 12.8 Å². The van der Waals surface area contributed by atoms with Crippen molar-refractivity contribution in [2.45, 2.75) is 50.2 Å². The normalized spacial score (nSPS) is 26.4. The van der Waals surface area contributed by atoms with Crippen molar-refractivity contribution < 1.29 is 14.3 Å². The standard InChI is InChI=1S/C18H24N2O3/c21-17(10-14-3-4-14)20-8-5-18(6-9-20)11-16(13-22-18)23-15-2-1-7-19-12-15/h1-2,7,12,14,16H,3-6,8-11,13H2/t16-/m0/s1. The van der Waals surface area contributed by atoms with Gasteiger partial charge < -0.3 is 14.4 Å². The SMILES string of the molecule is O=C(CC1CC1)N1CCC2(CC1)C[C@H](Oc1cccnc1)CO2. The van der Waals surface area contributed by atoms with E-state index in [0.29, 0.717) is 18.4 Å². The molecule has 1 spiro atoms. The predicted molar refractivity (Wildman–Crippen MR) is 85.1 cm³/mol. The maximum atomic E-state index is 12.2. The quantitative estimate of drug-likeness (QED) is 0.856. The number of amides is 1. The van der Waals surface area contributed by atoms with E-state index in [9.17, 15) is 4.79 Å². The van der Waals surface area contributed by atoms with Crippen LogP contribution in [-0.2, 0) is 9.53 Å². The van der Waals surface area contributed by atoms with Crippen molar-refractivity contribution in [2.24, 2.45) is 5.92 Å². The number of aromatic nitrogens is 1. The van der Waals surface area contributed by atoms with Gasteiger partial charge in [-0.25, -0.2) is 0 Å². The molecule has 2 saturated heterocycles. The van der Waals surface area contributed by atoms with Crippen LogP contribution in [0.4, 0.5) is 0 Å². The highest BCUT2D eigenvalue weighted by Crippen LogP contribution is 2.38. The summed E-state index contributed by atoms with van der Waals surface area (Å²) in [4.78, 5) is 18.3. The molecule has 23 heavy (non-hydrogen) atoms. The lowest BCUT2D eigenvalue weighted by atomic mass is 9.88. The Bertz CT molecular complexity index is 551. The second-order valence-corrected chi connectivity index (χ2v) is 7.16.